The quantitative estimate of drug-likeness (QED) is 0.591. The van der Waals surface area contributed by atoms with Gasteiger partial charge in [-0.15, -0.1) is 0 Å². The van der Waals surface area contributed by atoms with Gasteiger partial charge in [0.1, 0.15) is 0 Å². The monoisotopic (exact) mass is 172 g/mol. The Balaban J connectivity index is 2.14. The minimum atomic E-state index is -0.0313. The molecule has 3 heteroatoms. The predicted molar refractivity (Wildman–Crippen MR) is 43.7 cm³/mol. The topological polar surface area (TPSA) is 27.7 Å². The van der Waals surface area contributed by atoms with E-state index in [9.17, 15) is 0 Å². The van der Waals surface area contributed by atoms with Crippen LogP contribution in [0.2, 0.25) is 0 Å². The number of fused-ring (bicyclic) bond motifs is 2. The van der Waals surface area contributed by atoms with Crippen LogP contribution in [0.4, 0.5) is 0 Å². The SMILES string of the molecule is CO[C@@H]1C(C)[C@H]2COC(O2)[C@@H]1C. The van der Waals surface area contributed by atoms with Crippen molar-refractivity contribution in [3.05, 3.63) is 0 Å². The second-order valence-corrected chi connectivity index (χ2v) is 3.79. The molecule has 0 aliphatic carbocycles. The zero-order valence-electron chi connectivity index (χ0n) is 7.82. The van der Waals surface area contributed by atoms with Gasteiger partial charge in [-0.3, -0.25) is 0 Å². The van der Waals surface area contributed by atoms with Crippen LogP contribution in [0.25, 0.3) is 0 Å². The van der Waals surface area contributed by atoms with Crippen molar-refractivity contribution in [1.82, 2.24) is 0 Å². The van der Waals surface area contributed by atoms with Crippen molar-refractivity contribution >= 4 is 0 Å². The lowest BCUT2D eigenvalue weighted by Crippen LogP contribution is -2.45. The number of hydrogen-bond acceptors (Lipinski definition) is 3. The van der Waals surface area contributed by atoms with Gasteiger partial charge in [0.2, 0.25) is 0 Å². The molecule has 0 amide bonds. The van der Waals surface area contributed by atoms with E-state index in [0.717, 1.165) is 6.61 Å². The molecule has 0 aromatic heterocycles. The first-order valence-electron chi connectivity index (χ1n) is 4.54. The molecule has 2 heterocycles. The van der Waals surface area contributed by atoms with Crippen LogP contribution in [0.1, 0.15) is 13.8 Å². The van der Waals surface area contributed by atoms with E-state index in [4.69, 9.17) is 14.2 Å². The number of ether oxygens (including phenoxy) is 3. The standard InChI is InChI=1S/C9H16O3/c1-5-7-4-11-9(12-7)6(2)8(5)10-3/h5-9H,4H2,1-3H3/t5?,6-,7-,8-,9?/m1/s1. The van der Waals surface area contributed by atoms with Crippen LogP contribution in [0.3, 0.4) is 0 Å². The Morgan fingerprint density at radius 1 is 1.25 bits per heavy atom. The van der Waals surface area contributed by atoms with Gasteiger partial charge in [0, 0.05) is 18.9 Å². The van der Waals surface area contributed by atoms with Crippen LogP contribution < -0.4 is 0 Å². The van der Waals surface area contributed by atoms with E-state index in [1.54, 1.807) is 7.11 Å². The summed E-state index contributed by atoms with van der Waals surface area (Å²) in [5.41, 5.74) is 0. The number of hydrogen-bond donors (Lipinski definition) is 0. The van der Waals surface area contributed by atoms with Crippen LogP contribution in [0.15, 0.2) is 0 Å². The first kappa shape index (κ1) is 8.48. The second kappa shape index (κ2) is 2.98. The smallest absolute Gasteiger partial charge is 0.163 e. The molecule has 2 unspecified atom stereocenters. The molecule has 5 atom stereocenters. The summed E-state index contributed by atoms with van der Waals surface area (Å²) in [6.45, 7) is 5.02. The van der Waals surface area contributed by atoms with E-state index in [2.05, 4.69) is 13.8 Å². The fourth-order valence-electron chi connectivity index (χ4n) is 2.27. The fraction of sp³-hybridized carbons (Fsp3) is 1.00. The lowest BCUT2D eigenvalue weighted by molar-refractivity contribution is -0.183. The third kappa shape index (κ3) is 1.08. The van der Waals surface area contributed by atoms with Crippen molar-refractivity contribution in [3.8, 4) is 0 Å². The molecule has 0 aromatic rings. The largest absolute Gasteiger partial charge is 0.381 e. The molecule has 0 aromatic carbocycles. The number of methoxy groups -OCH3 is 1. The van der Waals surface area contributed by atoms with Gasteiger partial charge in [-0.25, -0.2) is 0 Å². The molecule has 0 saturated carbocycles. The molecule has 12 heavy (non-hydrogen) atoms. The average molecular weight is 172 g/mol. The third-order valence-corrected chi connectivity index (χ3v) is 3.06. The molecular weight excluding hydrogens is 156 g/mol. The molecule has 2 aliphatic rings. The Bertz CT molecular complexity index is 155. The van der Waals surface area contributed by atoms with E-state index in [1.165, 1.54) is 0 Å². The van der Waals surface area contributed by atoms with E-state index in [1.807, 2.05) is 0 Å². The fourth-order valence-corrected chi connectivity index (χ4v) is 2.27. The van der Waals surface area contributed by atoms with E-state index in [0.29, 0.717) is 11.8 Å². The maximum atomic E-state index is 5.65. The summed E-state index contributed by atoms with van der Waals surface area (Å²) in [4.78, 5) is 0. The first-order chi connectivity index (χ1) is 5.74. The Kier molecular flexibility index (Phi) is 2.10. The number of rotatable bonds is 1. The zero-order valence-corrected chi connectivity index (χ0v) is 7.82. The highest BCUT2D eigenvalue weighted by molar-refractivity contribution is 4.89. The van der Waals surface area contributed by atoms with Crippen molar-refractivity contribution in [3.63, 3.8) is 0 Å². The molecule has 2 aliphatic heterocycles. The van der Waals surface area contributed by atoms with Gasteiger partial charge in [0.25, 0.3) is 0 Å². The molecule has 0 N–H and O–H groups in total. The van der Waals surface area contributed by atoms with Gasteiger partial charge in [-0.1, -0.05) is 13.8 Å². The summed E-state index contributed by atoms with van der Waals surface area (Å²) in [7, 11) is 1.77. The first-order valence-corrected chi connectivity index (χ1v) is 4.54. The van der Waals surface area contributed by atoms with Crippen LogP contribution in [0.5, 0.6) is 0 Å². The van der Waals surface area contributed by atoms with Crippen LogP contribution in [-0.4, -0.2) is 32.2 Å². The van der Waals surface area contributed by atoms with Crippen LogP contribution in [0, 0.1) is 11.8 Å². The molecule has 2 rings (SSSR count). The molecular formula is C9H16O3. The van der Waals surface area contributed by atoms with Gasteiger partial charge in [-0.2, -0.15) is 0 Å². The van der Waals surface area contributed by atoms with E-state index < -0.39 is 0 Å². The normalized spacial score (nSPS) is 52.8. The third-order valence-electron chi connectivity index (χ3n) is 3.06. The highest BCUT2D eigenvalue weighted by Crippen LogP contribution is 2.36. The molecule has 2 saturated heterocycles. The van der Waals surface area contributed by atoms with Gasteiger partial charge < -0.3 is 14.2 Å². The van der Waals surface area contributed by atoms with E-state index >= 15 is 0 Å². The summed E-state index contributed by atoms with van der Waals surface area (Å²) in [5, 5.41) is 0. The summed E-state index contributed by atoms with van der Waals surface area (Å²) >= 11 is 0. The molecule has 2 fully saturated rings. The Morgan fingerprint density at radius 2 is 2.00 bits per heavy atom. The van der Waals surface area contributed by atoms with Crippen molar-refractivity contribution in [2.75, 3.05) is 13.7 Å². The van der Waals surface area contributed by atoms with Gasteiger partial charge in [-0.05, 0) is 0 Å². The maximum absolute atomic E-state index is 5.65. The highest BCUT2D eigenvalue weighted by Gasteiger charge is 2.46. The zero-order chi connectivity index (χ0) is 8.72. The molecule has 70 valence electrons. The van der Waals surface area contributed by atoms with E-state index in [-0.39, 0.29) is 18.5 Å². The lowest BCUT2D eigenvalue weighted by Gasteiger charge is -2.36. The Morgan fingerprint density at radius 3 is 2.67 bits per heavy atom. The van der Waals surface area contributed by atoms with Crippen molar-refractivity contribution in [2.45, 2.75) is 32.3 Å². The van der Waals surface area contributed by atoms with Crippen LogP contribution >= 0.6 is 0 Å². The summed E-state index contributed by atoms with van der Waals surface area (Å²) in [6, 6.07) is 0. The molecule has 2 bridgehead atoms. The Hall–Kier alpha value is -0.120. The average Bonchev–Trinajstić information content (AvgIpc) is 2.48. The van der Waals surface area contributed by atoms with Gasteiger partial charge in [0.15, 0.2) is 6.29 Å². The Labute approximate surface area is 73.0 Å². The minimum absolute atomic E-state index is 0.0313. The minimum Gasteiger partial charge on any atom is -0.381 e. The summed E-state index contributed by atoms with van der Waals surface area (Å²) in [5.74, 6) is 0.799. The molecule has 0 radical (unpaired) electrons. The molecule has 0 spiro atoms. The van der Waals surface area contributed by atoms with Gasteiger partial charge in [0.05, 0.1) is 18.8 Å². The van der Waals surface area contributed by atoms with Crippen molar-refractivity contribution in [1.29, 1.82) is 0 Å². The van der Waals surface area contributed by atoms with Crippen molar-refractivity contribution < 1.29 is 14.2 Å². The highest BCUT2D eigenvalue weighted by atomic mass is 16.7. The van der Waals surface area contributed by atoms with Crippen LogP contribution in [-0.2, 0) is 14.2 Å². The summed E-state index contributed by atoms with van der Waals surface area (Å²) in [6.07, 6.45) is 0.503. The van der Waals surface area contributed by atoms with Crippen molar-refractivity contribution in [2.24, 2.45) is 11.8 Å². The van der Waals surface area contributed by atoms with Gasteiger partial charge >= 0.3 is 0 Å². The lowest BCUT2D eigenvalue weighted by atomic mass is 9.87. The maximum Gasteiger partial charge on any atom is 0.163 e. The predicted octanol–water partition coefficient (Wildman–Crippen LogP) is 1.03. The summed E-state index contributed by atoms with van der Waals surface area (Å²) < 4.78 is 16.6. The molecule has 3 nitrogen and oxygen atoms in total. The second-order valence-electron chi connectivity index (χ2n) is 3.79.